The van der Waals surface area contributed by atoms with Crippen molar-refractivity contribution >= 4 is 27.5 Å². The highest BCUT2D eigenvalue weighted by Crippen LogP contribution is 2.27. The molecule has 0 saturated carbocycles. The zero-order valence-electron chi connectivity index (χ0n) is 13.2. The molecule has 0 spiro atoms. The number of aromatic nitrogens is 2. The summed E-state index contributed by atoms with van der Waals surface area (Å²) in [5, 5.41) is 0.469. The molecule has 0 atom stereocenters. The number of esters is 1. The first-order valence-corrected chi connectivity index (χ1v) is 8.24. The SMILES string of the molecule is C=CCn1cnc2sc(C(=O)OCc3ccccc3)c(C)c2c1=O. The average Bonchev–Trinajstić information content (AvgIpc) is 2.94. The molecule has 6 heteroatoms. The third-order valence-corrected chi connectivity index (χ3v) is 4.82. The van der Waals surface area contributed by atoms with E-state index >= 15 is 0 Å². The molecule has 3 rings (SSSR count). The molecule has 0 amide bonds. The summed E-state index contributed by atoms with van der Waals surface area (Å²) in [4.78, 5) is 30.1. The van der Waals surface area contributed by atoms with Gasteiger partial charge < -0.3 is 4.74 Å². The van der Waals surface area contributed by atoms with Crippen molar-refractivity contribution in [2.75, 3.05) is 0 Å². The van der Waals surface area contributed by atoms with Crippen LogP contribution in [0.3, 0.4) is 0 Å². The molecule has 0 aliphatic heterocycles. The van der Waals surface area contributed by atoms with Crippen LogP contribution in [0.1, 0.15) is 20.8 Å². The third kappa shape index (κ3) is 3.00. The second kappa shape index (κ2) is 6.80. The number of carbonyl (C=O) groups is 1. The Morgan fingerprint density at radius 1 is 1.38 bits per heavy atom. The summed E-state index contributed by atoms with van der Waals surface area (Å²) >= 11 is 1.18. The van der Waals surface area contributed by atoms with Crippen LogP contribution in [0.2, 0.25) is 0 Å². The predicted molar refractivity (Wildman–Crippen MR) is 94.4 cm³/mol. The molecule has 0 aliphatic carbocycles. The number of hydrogen-bond acceptors (Lipinski definition) is 5. The number of allylic oxidation sites excluding steroid dienone is 1. The fraction of sp³-hybridized carbons (Fsp3) is 0.167. The minimum Gasteiger partial charge on any atom is -0.457 e. The second-order valence-corrected chi connectivity index (χ2v) is 6.29. The fourth-order valence-corrected chi connectivity index (χ4v) is 3.44. The van der Waals surface area contributed by atoms with Crippen LogP contribution in [0.4, 0.5) is 0 Å². The summed E-state index contributed by atoms with van der Waals surface area (Å²) in [7, 11) is 0. The molecule has 5 nitrogen and oxygen atoms in total. The van der Waals surface area contributed by atoms with Gasteiger partial charge in [-0.1, -0.05) is 36.4 Å². The first-order chi connectivity index (χ1) is 11.6. The van der Waals surface area contributed by atoms with Gasteiger partial charge >= 0.3 is 5.97 Å². The highest BCUT2D eigenvalue weighted by molar-refractivity contribution is 7.20. The van der Waals surface area contributed by atoms with Crippen molar-refractivity contribution in [3.63, 3.8) is 0 Å². The van der Waals surface area contributed by atoms with Gasteiger partial charge in [-0.25, -0.2) is 9.78 Å². The van der Waals surface area contributed by atoms with E-state index in [4.69, 9.17) is 4.74 Å². The van der Waals surface area contributed by atoms with E-state index in [1.165, 1.54) is 22.2 Å². The van der Waals surface area contributed by atoms with Crippen molar-refractivity contribution in [1.29, 1.82) is 0 Å². The van der Waals surface area contributed by atoms with Crippen molar-refractivity contribution < 1.29 is 9.53 Å². The Morgan fingerprint density at radius 3 is 2.83 bits per heavy atom. The van der Waals surface area contributed by atoms with E-state index in [9.17, 15) is 9.59 Å². The zero-order chi connectivity index (χ0) is 17.1. The van der Waals surface area contributed by atoms with Crippen LogP contribution in [0.5, 0.6) is 0 Å². The Kier molecular flexibility index (Phi) is 4.57. The Bertz CT molecular complexity index is 958. The number of ether oxygens (including phenoxy) is 1. The molecule has 122 valence electrons. The molecule has 0 unspecified atom stereocenters. The summed E-state index contributed by atoms with van der Waals surface area (Å²) in [6, 6.07) is 9.46. The Labute approximate surface area is 142 Å². The van der Waals surface area contributed by atoms with Gasteiger partial charge in [-0.05, 0) is 18.1 Å². The summed E-state index contributed by atoms with van der Waals surface area (Å²) in [6.45, 7) is 5.95. The third-order valence-electron chi connectivity index (χ3n) is 3.64. The quantitative estimate of drug-likeness (QED) is 0.528. The molecule has 0 aliphatic rings. The van der Waals surface area contributed by atoms with Gasteiger partial charge in [0.05, 0.1) is 11.7 Å². The first kappa shape index (κ1) is 16.1. The van der Waals surface area contributed by atoms with Gasteiger partial charge in [-0.2, -0.15) is 0 Å². The minimum atomic E-state index is -0.436. The van der Waals surface area contributed by atoms with Crippen LogP contribution in [-0.2, 0) is 17.9 Å². The first-order valence-electron chi connectivity index (χ1n) is 7.42. The minimum absolute atomic E-state index is 0.171. The standard InChI is InChI=1S/C18H16N2O3S/c1-3-9-20-11-19-16-14(17(20)21)12(2)15(24-16)18(22)23-10-13-7-5-4-6-8-13/h3-8,11H,1,9-10H2,2H3. The van der Waals surface area contributed by atoms with Gasteiger partial charge in [-0.3, -0.25) is 9.36 Å². The van der Waals surface area contributed by atoms with Gasteiger partial charge in [0.25, 0.3) is 5.56 Å². The van der Waals surface area contributed by atoms with Crippen molar-refractivity contribution in [2.24, 2.45) is 0 Å². The average molecular weight is 340 g/mol. The second-order valence-electron chi connectivity index (χ2n) is 5.29. The topological polar surface area (TPSA) is 61.2 Å². The maximum Gasteiger partial charge on any atom is 0.349 e. The van der Waals surface area contributed by atoms with E-state index in [1.54, 1.807) is 13.0 Å². The Hall–Kier alpha value is -2.73. The van der Waals surface area contributed by atoms with Crippen molar-refractivity contribution in [1.82, 2.24) is 9.55 Å². The van der Waals surface area contributed by atoms with Gasteiger partial charge in [0, 0.05) is 6.54 Å². The lowest BCUT2D eigenvalue weighted by molar-refractivity contribution is 0.0478. The maximum absolute atomic E-state index is 12.5. The van der Waals surface area contributed by atoms with Crippen molar-refractivity contribution in [3.8, 4) is 0 Å². The van der Waals surface area contributed by atoms with E-state index < -0.39 is 5.97 Å². The Morgan fingerprint density at radius 2 is 2.12 bits per heavy atom. The molecule has 0 fully saturated rings. The van der Waals surface area contributed by atoms with Crippen molar-refractivity contribution in [2.45, 2.75) is 20.1 Å². The molecule has 0 bridgehead atoms. The lowest BCUT2D eigenvalue weighted by Crippen LogP contribution is -2.19. The molecule has 0 radical (unpaired) electrons. The molecular formula is C18H16N2O3S. The molecule has 0 N–H and O–H groups in total. The fourth-order valence-electron chi connectivity index (χ4n) is 2.41. The number of thiophene rings is 1. The normalized spacial score (nSPS) is 10.7. The van der Waals surface area contributed by atoms with Crippen LogP contribution in [0.15, 0.2) is 54.1 Å². The van der Waals surface area contributed by atoms with Gasteiger partial charge in [0.2, 0.25) is 0 Å². The molecule has 2 aromatic heterocycles. The number of nitrogens with zero attached hydrogens (tertiary/aromatic N) is 2. The van der Waals surface area contributed by atoms with E-state index in [0.717, 1.165) is 5.56 Å². The number of rotatable bonds is 5. The summed E-state index contributed by atoms with van der Waals surface area (Å²) < 4.78 is 6.83. The molecule has 0 saturated heterocycles. The van der Waals surface area contributed by atoms with Gasteiger partial charge in [0.1, 0.15) is 16.3 Å². The highest BCUT2D eigenvalue weighted by atomic mass is 32.1. The Balaban J connectivity index is 1.91. The number of fused-ring (bicyclic) bond motifs is 1. The zero-order valence-corrected chi connectivity index (χ0v) is 14.0. The van der Waals surface area contributed by atoms with Gasteiger partial charge in [0.15, 0.2) is 0 Å². The molecule has 24 heavy (non-hydrogen) atoms. The number of hydrogen-bond donors (Lipinski definition) is 0. The number of benzene rings is 1. The molecule has 1 aromatic carbocycles. The number of carbonyl (C=O) groups excluding carboxylic acids is 1. The molecular weight excluding hydrogens is 324 g/mol. The van der Waals surface area contributed by atoms with Crippen LogP contribution in [0, 0.1) is 6.92 Å². The van der Waals surface area contributed by atoms with Crippen molar-refractivity contribution in [3.05, 3.63) is 75.7 Å². The summed E-state index contributed by atoms with van der Waals surface area (Å²) in [5.74, 6) is -0.436. The summed E-state index contributed by atoms with van der Waals surface area (Å²) in [6.07, 6.45) is 3.10. The maximum atomic E-state index is 12.5. The van der Waals surface area contributed by atoms with E-state index in [0.29, 0.717) is 27.2 Å². The monoisotopic (exact) mass is 340 g/mol. The molecule has 2 heterocycles. The van der Waals surface area contributed by atoms with E-state index in [1.807, 2.05) is 30.3 Å². The molecule has 3 aromatic rings. The lowest BCUT2D eigenvalue weighted by atomic mass is 10.2. The van der Waals surface area contributed by atoms with Crippen LogP contribution in [0.25, 0.3) is 10.2 Å². The lowest BCUT2D eigenvalue weighted by Gasteiger charge is -2.04. The van der Waals surface area contributed by atoms with Crippen LogP contribution < -0.4 is 5.56 Å². The summed E-state index contributed by atoms with van der Waals surface area (Å²) in [5.41, 5.74) is 1.36. The van der Waals surface area contributed by atoms with Crippen LogP contribution >= 0.6 is 11.3 Å². The predicted octanol–water partition coefficient (Wildman–Crippen LogP) is 3.31. The van der Waals surface area contributed by atoms with Gasteiger partial charge in [-0.15, -0.1) is 17.9 Å². The number of aryl methyl sites for hydroxylation is 1. The van der Waals surface area contributed by atoms with E-state index in [-0.39, 0.29) is 12.2 Å². The van der Waals surface area contributed by atoms with E-state index in [2.05, 4.69) is 11.6 Å². The largest absolute Gasteiger partial charge is 0.457 e. The smallest absolute Gasteiger partial charge is 0.349 e. The highest BCUT2D eigenvalue weighted by Gasteiger charge is 2.20. The van der Waals surface area contributed by atoms with Crippen LogP contribution in [-0.4, -0.2) is 15.5 Å².